The zero-order valence-corrected chi connectivity index (χ0v) is 10.9. The van der Waals surface area contributed by atoms with E-state index in [4.69, 9.17) is 4.74 Å². The molecule has 0 N–H and O–H groups in total. The molecule has 93 valence electrons. The van der Waals surface area contributed by atoms with Crippen molar-refractivity contribution in [2.24, 2.45) is 0 Å². The summed E-state index contributed by atoms with van der Waals surface area (Å²) in [5.74, 6) is 0.934. The van der Waals surface area contributed by atoms with E-state index in [1.807, 2.05) is 24.3 Å². The Morgan fingerprint density at radius 2 is 1.68 bits per heavy atom. The zero-order chi connectivity index (χ0) is 13.1. The van der Waals surface area contributed by atoms with E-state index in [1.165, 1.54) is 16.5 Å². The Balaban J connectivity index is 1.96. The van der Waals surface area contributed by atoms with Gasteiger partial charge in [-0.15, -0.1) is 0 Å². The van der Waals surface area contributed by atoms with E-state index in [9.17, 15) is 0 Å². The molecule has 0 spiro atoms. The lowest BCUT2D eigenvalue weighted by molar-refractivity contribution is 0.410. The molecule has 0 unspecified atom stereocenters. The van der Waals surface area contributed by atoms with Crippen molar-refractivity contribution >= 4 is 10.8 Å². The number of para-hydroxylation sites is 1. The van der Waals surface area contributed by atoms with E-state index >= 15 is 0 Å². The first-order chi connectivity index (χ1) is 9.36. The predicted molar refractivity (Wildman–Crippen MR) is 78.6 cm³/mol. The van der Waals surface area contributed by atoms with E-state index in [-0.39, 0.29) is 0 Å². The molecule has 3 aromatic rings. The molecular formula is C18H15O. The lowest BCUT2D eigenvalue weighted by Crippen LogP contribution is -1.93. The van der Waals surface area contributed by atoms with Gasteiger partial charge in [0, 0.05) is 6.42 Å². The van der Waals surface area contributed by atoms with Gasteiger partial charge in [0.15, 0.2) is 0 Å². The van der Waals surface area contributed by atoms with Crippen LogP contribution in [0, 0.1) is 6.07 Å². The van der Waals surface area contributed by atoms with E-state index in [1.54, 1.807) is 7.11 Å². The fourth-order valence-corrected chi connectivity index (χ4v) is 2.32. The first kappa shape index (κ1) is 11.8. The van der Waals surface area contributed by atoms with Gasteiger partial charge in [0.05, 0.1) is 7.11 Å². The molecule has 0 aliphatic carbocycles. The van der Waals surface area contributed by atoms with Crippen molar-refractivity contribution in [3.8, 4) is 5.75 Å². The summed E-state index contributed by atoms with van der Waals surface area (Å²) in [7, 11) is 1.71. The van der Waals surface area contributed by atoms with Crippen LogP contribution in [0.2, 0.25) is 0 Å². The fourth-order valence-electron chi connectivity index (χ4n) is 2.32. The van der Waals surface area contributed by atoms with E-state index in [2.05, 4.69) is 42.5 Å². The molecule has 0 saturated carbocycles. The molecule has 0 aliphatic rings. The summed E-state index contributed by atoms with van der Waals surface area (Å²) < 4.78 is 5.39. The number of rotatable bonds is 3. The van der Waals surface area contributed by atoms with Gasteiger partial charge in [-0.3, -0.25) is 0 Å². The second-order valence-electron chi connectivity index (χ2n) is 4.56. The van der Waals surface area contributed by atoms with Crippen molar-refractivity contribution in [1.82, 2.24) is 0 Å². The predicted octanol–water partition coefficient (Wildman–Crippen LogP) is 4.24. The third-order valence-corrected chi connectivity index (χ3v) is 3.29. The Bertz CT molecular complexity index is 701. The van der Waals surface area contributed by atoms with Gasteiger partial charge in [0.25, 0.3) is 0 Å². The maximum absolute atomic E-state index is 5.39. The first-order valence-corrected chi connectivity index (χ1v) is 6.38. The van der Waals surface area contributed by atoms with Crippen LogP contribution in [0.3, 0.4) is 0 Å². The third kappa shape index (κ3) is 2.45. The molecule has 0 fully saturated rings. The summed E-state index contributed by atoms with van der Waals surface area (Å²) in [4.78, 5) is 0. The van der Waals surface area contributed by atoms with Crippen molar-refractivity contribution in [2.75, 3.05) is 7.11 Å². The highest BCUT2D eigenvalue weighted by atomic mass is 16.5. The number of methoxy groups -OCH3 is 1. The Morgan fingerprint density at radius 3 is 2.58 bits per heavy atom. The van der Waals surface area contributed by atoms with Crippen LogP contribution in [0.4, 0.5) is 0 Å². The number of ether oxygens (including phenoxy) is 1. The normalized spacial score (nSPS) is 10.6. The summed E-state index contributed by atoms with van der Waals surface area (Å²) in [5.41, 5.74) is 2.37. The van der Waals surface area contributed by atoms with Gasteiger partial charge in [-0.25, -0.2) is 0 Å². The minimum Gasteiger partial charge on any atom is -0.496 e. The van der Waals surface area contributed by atoms with Crippen LogP contribution in [-0.2, 0) is 6.42 Å². The monoisotopic (exact) mass is 247 g/mol. The summed E-state index contributed by atoms with van der Waals surface area (Å²) in [5, 5.41) is 2.39. The lowest BCUT2D eigenvalue weighted by atomic mass is 10.0. The standard InChI is InChI=1S/C18H15O/c1-19-18-9-5-4-8-17(18)13-14-10-11-15-6-2-3-7-16(15)12-14/h2-11H,13H2,1H3. The summed E-state index contributed by atoms with van der Waals surface area (Å²) in [6.07, 6.45) is 0.842. The van der Waals surface area contributed by atoms with E-state index in [0.29, 0.717) is 0 Å². The third-order valence-electron chi connectivity index (χ3n) is 3.29. The van der Waals surface area contributed by atoms with Crippen LogP contribution in [0.25, 0.3) is 10.8 Å². The van der Waals surface area contributed by atoms with Crippen molar-refractivity contribution in [2.45, 2.75) is 6.42 Å². The quantitative estimate of drug-likeness (QED) is 0.672. The van der Waals surface area contributed by atoms with Crippen molar-refractivity contribution in [1.29, 1.82) is 0 Å². The molecule has 1 radical (unpaired) electrons. The molecular weight excluding hydrogens is 232 g/mol. The number of hydrogen-bond donors (Lipinski definition) is 0. The largest absolute Gasteiger partial charge is 0.496 e. The molecule has 1 nitrogen and oxygen atoms in total. The van der Waals surface area contributed by atoms with Crippen molar-refractivity contribution in [3.05, 3.63) is 77.9 Å². The molecule has 0 saturated heterocycles. The van der Waals surface area contributed by atoms with Crippen LogP contribution in [0.5, 0.6) is 5.75 Å². The van der Waals surface area contributed by atoms with Crippen LogP contribution >= 0.6 is 0 Å². The molecule has 0 aliphatic heterocycles. The second-order valence-corrected chi connectivity index (χ2v) is 4.56. The van der Waals surface area contributed by atoms with Gasteiger partial charge in [-0.05, 0) is 34.0 Å². The molecule has 19 heavy (non-hydrogen) atoms. The van der Waals surface area contributed by atoms with Gasteiger partial charge < -0.3 is 4.74 Å². The van der Waals surface area contributed by atoms with E-state index < -0.39 is 0 Å². The first-order valence-electron chi connectivity index (χ1n) is 6.38. The average Bonchev–Trinajstić information content (AvgIpc) is 2.48. The summed E-state index contributed by atoms with van der Waals surface area (Å²) >= 11 is 0. The molecule has 0 amide bonds. The van der Waals surface area contributed by atoms with Gasteiger partial charge in [0.1, 0.15) is 5.75 Å². The van der Waals surface area contributed by atoms with Gasteiger partial charge in [-0.2, -0.15) is 0 Å². The van der Waals surface area contributed by atoms with Crippen molar-refractivity contribution < 1.29 is 4.74 Å². The highest BCUT2D eigenvalue weighted by Gasteiger charge is 2.04. The maximum Gasteiger partial charge on any atom is 0.122 e. The fraction of sp³-hybridized carbons (Fsp3) is 0.111. The highest BCUT2D eigenvalue weighted by Crippen LogP contribution is 2.22. The molecule has 0 bridgehead atoms. The lowest BCUT2D eigenvalue weighted by Gasteiger charge is -2.08. The molecule has 1 heteroatoms. The SMILES string of the molecule is COc1ccccc1Cc1[c]c2ccccc2cc1. The summed E-state index contributed by atoms with van der Waals surface area (Å²) in [6.45, 7) is 0. The molecule has 3 aromatic carbocycles. The Labute approximate surface area is 113 Å². The minimum atomic E-state index is 0.842. The molecule has 0 heterocycles. The topological polar surface area (TPSA) is 9.23 Å². The molecule has 0 atom stereocenters. The second kappa shape index (κ2) is 5.15. The van der Waals surface area contributed by atoms with Gasteiger partial charge in [0.2, 0.25) is 0 Å². The number of hydrogen-bond acceptors (Lipinski definition) is 1. The van der Waals surface area contributed by atoms with Gasteiger partial charge >= 0.3 is 0 Å². The van der Waals surface area contributed by atoms with Crippen LogP contribution in [-0.4, -0.2) is 7.11 Å². The van der Waals surface area contributed by atoms with Crippen molar-refractivity contribution in [3.63, 3.8) is 0 Å². The Kier molecular flexibility index (Phi) is 3.20. The van der Waals surface area contributed by atoms with Gasteiger partial charge in [-0.1, -0.05) is 54.6 Å². The Hall–Kier alpha value is -2.28. The number of fused-ring (bicyclic) bond motifs is 1. The smallest absolute Gasteiger partial charge is 0.122 e. The Morgan fingerprint density at radius 1 is 0.895 bits per heavy atom. The minimum absolute atomic E-state index is 0.842. The van der Waals surface area contributed by atoms with Crippen LogP contribution < -0.4 is 4.74 Å². The molecule has 0 aromatic heterocycles. The van der Waals surface area contributed by atoms with Crippen LogP contribution in [0.15, 0.2) is 60.7 Å². The number of benzene rings is 3. The summed E-state index contributed by atoms with van der Waals surface area (Å²) in [6, 6.07) is 24.2. The zero-order valence-electron chi connectivity index (χ0n) is 10.9. The maximum atomic E-state index is 5.39. The highest BCUT2D eigenvalue weighted by molar-refractivity contribution is 5.82. The van der Waals surface area contributed by atoms with E-state index in [0.717, 1.165) is 17.6 Å². The molecule has 3 rings (SSSR count). The van der Waals surface area contributed by atoms with Crippen LogP contribution in [0.1, 0.15) is 11.1 Å². The average molecular weight is 247 g/mol.